The van der Waals surface area contributed by atoms with E-state index in [0.29, 0.717) is 24.0 Å². The number of hydrogen-bond acceptors (Lipinski definition) is 5. The second-order valence-corrected chi connectivity index (χ2v) is 6.84. The topological polar surface area (TPSA) is 57.1 Å². The number of nitrogens with zero attached hydrogens (tertiary/aromatic N) is 1. The summed E-state index contributed by atoms with van der Waals surface area (Å²) in [6.07, 6.45) is 1.68. The van der Waals surface area contributed by atoms with Gasteiger partial charge in [0.2, 0.25) is 5.90 Å². The highest BCUT2D eigenvalue weighted by atomic mass is 16.6. The van der Waals surface area contributed by atoms with Gasteiger partial charge in [0.05, 0.1) is 7.11 Å². The third-order valence-corrected chi connectivity index (χ3v) is 4.72. The minimum atomic E-state index is -0.476. The summed E-state index contributed by atoms with van der Waals surface area (Å²) in [7, 11) is 1.59. The van der Waals surface area contributed by atoms with Gasteiger partial charge >= 0.3 is 5.97 Å². The zero-order valence-electron chi connectivity index (χ0n) is 16.8. The Morgan fingerprint density at radius 1 is 0.967 bits per heavy atom. The number of carbonyl (C=O) groups excluding carboxylic acids is 1. The van der Waals surface area contributed by atoms with E-state index in [1.807, 2.05) is 73.7 Å². The lowest BCUT2D eigenvalue weighted by atomic mass is 10.1. The minimum Gasteiger partial charge on any atom is -0.493 e. The summed E-state index contributed by atoms with van der Waals surface area (Å²) in [5.41, 5.74) is 3.85. The minimum absolute atomic E-state index is 0.243. The molecular formula is C25H21NO4. The Balaban J connectivity index is 1.60. The fourth-order valence-electron chi connectivity index (χ4n) is 3.13. The first-order valence-electron chi connectivity index (χ1n) is 9.57. The Morgan fingerprint density at radius 2 is 1.73 bits per heavy atom. The van der Waals surface area contributed by atoms with E-state index in [9.17, 15) is 4.79 Å². The molecule has 1 aliphatic rings. The van der Waals surface area contributed by atoms with E-state index in [1.54, 1.807) is 19.3 Å². The van der Waals surface area contributed by atoms with Crippen LogP contribution in [0.3, 0.4) is 0 Å². The van der Waals surface area contributed by atoms with Crippen LogP contribution < -0.4 is 9.47 Å². The smallest absolute Gasteiger partial charge is 0.363 e. The van der Waals surface area contributed by atoms with E-state index in [0.717, 1.165) is 22.3 Å². The monoisotopic (exact) mass is 399 g/mol. The van der Waals surface area contributed by atoms with Crippen LogP contribution in [0.1, 0.15) is 22.3 Å². The standard InChI is InChI=1S/C25H21NO4/c1-17-8-6-7-11-20(17)24-26-21(25(27)30-24)14-19-12-13-22(28-2)23(15-19)29-16-18-9-4-3-5-10-18/h3-15H,16H2,1-2H3. The van der Waals surface area contributed by atoms with Gasteiger partial charge in [-0.25, -0.2) is 9.79 Å². The average molecular weight is 399 g/mol. The van der Waals surface area contributed by atoms with Crippen molar-refractivity contribution in [3.8, 4) is 11.5 Å². The molecule has 5 heteroatoms. The molecule has 1 aliphatic heterocycles. The Labute approximate surface area is 175 Å². The SMILES string of the molecule is COc1ccc(C=C2N=C(c3ccccc3C)OC2=O)cc1OCc1ccccc1. The van der Waals surface area contributed by atoms with Gasteiger partial charge in [-0.2, -0.15) is 0 Å². The summed E-state index contributed by atoms with van der Waals surface area (Å²) < 4.78 is 16.7. The average Bonchev–Trinajstić information content (AvgIpc) is 3.13. The molecule has 0 amide bonds. The van der Waals surface area contributed by atoms with E-state index >= 15 is 0 Å². The molecule has 5 nitrogen and oxygen atoms in total. The van der Waals surface area contributed by atoms with Gasteiger partial charge in [-0.3, -0.25) is 0 Å². The number of hydrogen-bond donors (Lipinski definition) is 0. The van der Waals surface area contributed by atoms with Crippen LogP contribution >= 0.6 is 0 Å². The lowest BCUT2D eigenvalue weighted by Gasteiger charge is -2.11. The highest BCUT2D eigenvalue weighted by Gasteiger charge is 2.25. The predicted octanol–water partition coefficient (Wildman–Crippen LogP) is 4.93. The first-order valence-corrected chi connectivity index (χ1v) is 9.57. The molecule has 0 aromatic heterocycles. The molecule has 1 heterocycles. The van der Waals surface area contributed by atoms with Crippen LogP contribution in [-0.2, 0) is 16.1 Å². The quantitative estimate of drug-likeness (QED) is 0.436. The first-order chi connectivity index (χ1) is 14.6. The van der Waals surface area contributed by atoms with Gasteiger partial charge in [-0.15, -0.1) is 0 Å². The normalized spacial score (nSPS) is 14.4. The van der Waals surface area contributed by atoms with Crippen molar-refractivity contribution in [2.75, 3.05) is 7.11 Å². The predicted molar refractivity (Wildman–Crippen MR) is 116 cm³/mol. The summed E-state index contributed by atoms with van der Waals surface area (Å²) in [5.74, 6) is 1.05. The van der Waals surface area contributed by atoms with Crippen LogP contribution in [0.15, 0.2) is 83.5 Å². The summed E-state index contributed by atoms with van der Waals surface area (Å²) in [4.78, 5) is 16.7. The zero-order chi connectivity index (χ0) is 20.9. The molecule has 0 radical (unpaired) electrons. The Morgan fingerprint density at radius 3 is 2.50 bits per heavy atom. The highest BCUT2D eigenvalue weighted by Crippen LogP contribution is 2.30. The van der Waals surface area contributed by atoms with Crippen molar-refractivity contribution in [3.63, 3.8) is 0 Å². The third-order valence-electron chi connectivity index (χ3n) is 4.72. The molecule has 0 bridgehead atoms. The fourth-order valence-corrected chi connectivity index (χ4v) is 3.13. The van der Waals surface area contributed by atoms with Crippen molar-refractivity contribution in [2.45, 2.75) is 13.5 Å². The molecule has 0 unspecified atom stereocenters. The van der Waals surface area contributed by atoms with Gasteiger partial charge in [-0.05, 0) is 47.9 Å². The second kappa shape index (κ2) is 8.66. The lowest BCUT2D eigenvalue weighted by molar-refractivity contribution is -0.129. The van der Waals surface area contributed by atoms with Gasteiger partial charge in [0, 0.05) is 5.56 Å². The number of esters is 1. The summed E-state index contributed by atoms with van der Waals surface area (Å²) in [6.45, 7) is 2.36. The maximum Gasteiger partial charge on any atom is 0.363 e. The van der Waals surface area contributed by atoms with Crippen molar-refractivity contribution in [1.82, 2.24) is 0 Å². The van der Waals surface area contributed by atoms with Crippen molar-refractivity contribution >= 4 is 17.9 Å². The highest BCUT2D eigenvalue weighted by molar-refractivity contribution is 6.13. The number of aryl methyl sites for hydroxylation is 1. The third kappa shape index (κ3) is 4.25. The first kappa shape index (κ1) is 19.5. The molecule has 30 heavy (non-hydrogen) atoms. The summed E-state index contributed by atoms with van der Waals surface area (Å²) >= 11 is 0. The van der Waals surface area contributed by atoms with Crippen molar-refractivity contribution in [1.29, 1.82) is 0 Å². The van der Waals surface area contributed by atoms with Crippen molar-refractivity contribution in [3.05, 3.63) is 101 Å². The summed E-state index contributed by atoms with van der Waals surface area (Å²) in [6, 6.07) is 23.0. The maximum absolute atomic E-state index is 12.3. The molecule has 0 aliphatic carbocycles. The number of aliphatic imine (C=N–C) groups is 1. The number of rotatable bonds is 6. The number of ether oxygens (including phenoxy) is 3. The molecule has 0 saturated heterocycles. The van der Waals surface area contributed by atoms with Crippen LogP contribution in [0.4, 0.5) is 0 Å². The van der Waals surface area contributed by atoms with Crippen molar-refractivity contribution in [2.24, 2.45) is 4.99 Å². The Kier molecular flexibility index (Phi) is 5.61. The molecule has 0 fully saturated rings. The van der Waals surface area contributed by atoms with E-state index in [1.165, 1.54) is 0 Å². The van der Waals surface area contributed by atoms with E-state index < -0.39 is 5.97 Å². The summed E-state index contributed by atoms with van der Waals surface area (Å²) in [5, 5.41) is 0. The largest absolute Gasteiger partial charge is 0.493 e. The zero-order valence-corrected chi connectivity index (χ0v) is 16.8. The number of carbonyl (C=O) groups is 1. The molecule has 0 spiro atoms. The molecule has 150 valence electrons. The molecule has 3 aromatic carbocycles. The van der Waals surface area contributed by atoms with Crippen LogP contribution in [0.2, 0.25) is 0 Å². The van der Waals surface area contributed by atoms with E-state index in [-0.39, 0.29) is 5.70 Å². The van der Waals surface area contributed by atoms with Gasteiger partial charge in [-0.1, -0.05) is 54.6 Å². The molecule has 0 atom stereocenters. The van der Waals surface area contributed by atoms with Crippen LogP contribution in [0.5, 0.6) is 11.5 Å². The van der Waals surface area contributed by atoms with Crippen LogP contribution in [0, 0.1) is 6.92 Å². The molecule has 0 saturated carbocycles. The molecule has 0 N–H and O–H groups in total. The van der Waals surface area contributed by atoms with E-state index in [2.05, 4.69) is 4.99 Å². The number of benzene rings is 3. The van der Waals surface area contributed by atoms with Gasteiger partial charge in [0.15, 0.2) is 17.2 Å². The Hall–Kier alpha value is -3.86. The maximum atomic E-state index is 12.3. The van der Waals surface area contributed by atoms with Gasteiger partial charge < -0.3 is 14.2 Å². The number of cyclic esters (lactones) is 1. The fraction of sp³-hybridized carbons (Fsp3) is 0.120. The Bertz CT molecular complexity index is 1130. The van der Waals surface area contributed by atoms with Gasteiger partial charge in [0.1, 0.15) is 6.61 Å². The molecular weight excluding hydrogens is 378 g/mol. The lowest BCUT2D eigenvalue weighted by Crippen LogP contribution is -2.06. The second-order valence-electron chi connectivity index (χ2n) is 6.84. The van der Waals surface area contributed by atoms with Crippen LogP contribution in [0.25, 0.3) is 6.08 Å². The molecule has 4 rings (SSSR count). The van der Waals surface area contributed by atoms with Crippen LogP contribution in [-0.4, -0.2) is 19.0 Å². The van der Waals surface area contributed by atoms with E-state index in [4.69, 9.17) is 14.2 Å². The van der Waals surface area contributed by atoms with Gasteiger partial charge in [0.25, 0.3) is 0 Å². The number of methoxy groups -OCH3 is 1. The molecule has 3 aromatic rings. The van der Waals surface area contributed by atoms with Crippen molar-refractivity contribution < 1.29 is 19.0 Å².